The molecule has 2 nitrogen and oxygen atoms in total. The first kappa shape index (κ1) is 13.8. The Morgan fingerprint density at radius 1 is 1.26 bits per heavy atom. The molecule has 0 spiro atoms. The fourth-order valence-corrected chi connectivity index (χ4v) is 1.91. The molecular formula is C15H14ClFO2. The number of halogens is 2. The first-order chi connectivity index (χ1) is 9.08. The van der Waals surface area contributed by atoms with Crippen molar-refractivity contribution in [1.29, 1.82) is 0 Å². The predicted octanol–water partition coefficient (Wildman–Crippen LogP) is 4.11. The van der Waals surface area contributed by atoms with Crippen LogP contribution >= 0.6 is 11.6 Å². The molecule has 2 rings (SSSR count). The third-order valence-electron chi connectivity index (χ3n) is 2.78. The molecule has 1 N–H and O–H groups in total. The van der Waals surface area contributed by atoms with Crippen molar-refractivity contribution < 1.29 is 14.2 Å². The Bertz CT molecular complexity index is 570. The van der Waals surface area contributed by atoms with Gasteiger partial charge in [-0.1, -0.05) is 35.9 Å². The van der Waals surface area contributed by atoms with Crippen LogP contribution in [0.5, 0.6) is 5.75 Å². The smallest absolute Gasteiger partial charge is 0.138 e. The Kier molecular flexibility index (Phi) is 4.40. The topological polar surface area (TPSA) is 29.5 Å². The summed E-state index contributed by atoms with van der Waals surface area (Å²) in [4.78, 5) is 0. The van der Waals surface area contributed by atoms with E-state index in [1.54, 1.807) is 43.3 Å². The van der Waals surface area contributed by atoms with Gasteiger partial charge in [0.05, 0.1) is 11.1 Å². The number of benzene rings is 2. The van der Waals surface area contributed by atoms with E-state index in [2.05, 4.69) is 0 Å². The third kappa shape index (κ3) is 3.46. The zero-order valence-electron chi connectivity index (χ0n) is 10.4. The SMILES string of the molecule is CC(O)c1ccc(OCc2ccccc2F)c(Cl)c1. The third-order valence-corrected chi connectivity index (χ3v) is 3.07. The van der Waals surface area contributed by atoms with Gasteiger partial charge >= 0.3 is 0 Å². The maximum absolute atomic E-state index is 13.4. The maximum Gasteiger partial charge on any atom is 0.138 e. The highest BCUT2D eigenvalue weighted by Crippen LogP contribution is 2.28. The molecule has 19 heavy (non-hydrogen) atoms. The zero-order chi connectivity index (χ0) is 13.8. The summed E-state index contributed by atoms with van der Waals surface area (Å²) in [5.74, 6) is 0.161. The van der Waals surface area contributed by atoms with Crippen LogP contribution in [0.3, 0.4) is 0 Å². The highest BCUT2D eigenvalue weighted by atomic mass is 35.5. The molecule has 0 amide bonds. The molecule has 100 valence electrons. The van der Waals surface area contributed by atoms with Crippen LogP contribution in [-0.4, -0.2) is 5.11 Å². The largest absolute Gasteiger partial charge is 0.487 e. The van der Waals surface area contributed by atoms with Crippen LogP contribution in [0.2, 0.25) is 5.02 Å². The van der Waals surface area contributed by atoms with Gasteiger partial charge in [-0.3, -0.25) is 0 Å². The van der Waals surface area contributed by atoms with Gasteiger partial charge in [-0.2, -0.15) is 0 Å². The molecule has 0 aromatic heterocycles. The molecule has 0 bridgehead atoms. The average Bonchev–Trinajstić information content (AvgIpc) is 2.39. The predicted molar refractivity (Wildman–Crippen MR) is 72.8 cm³/mol. The van der Waals surface area contributed by atoms with Crippen molar-refractivity contribution in [2.75, 3.05) is 0 Å². The summed E-state index contributed by atoms with van der Waals surface area (Å²) in [6, 6.07) is 11.5. The van der Waals surface area contributed by atoms with E-state index in [0.29, 0.717) is 21.9 Å². The molecule has 2 aromatic carbocycles. The van der Waals surface area contributed by atoms with Crippen molar-refractivity contribution in [1.82, 2.24) is 0 Å². The Morgan fingerprint density at radius 3 is 2.63 bits per heavy atom. The number of aliphatic hydroxyl groups is 1. The Morgan fingerprint density at radius 2 is 2.00 bits per heavy atom. The summed E-state index contributed by atoms with van der Waals surface area (Å²) < 4.78 is 18.9. The minimum Gasteiger partial charge on any atom is -0.487 e. The molecule has 2 aromatic rings. The van der Waals surface area contributed by atoms with E-state index in [1.807, 2.05) is 0 Å². The second-order valence-electron chi connectivity index (χ2n) is 4.25. The van der Waals surface area contributed by atoms with Crippen molar-refractivity contribution in [2.24, 2.45) is 0 Å². The van der Waals surface area contributed by atoms with Gasteiger partial charge in [0.1, 0.15) is 18.2 Å². The maximum atomic E-state index is 13.4. The first-order valence-electron chi connectivity index (χ1n) is 5.91. The molecule has 0 aliphatic carbocycles. The van der Waals surface area contributed by atoms with E-state index in [0.717, 1.165) is 0 Å². The molecule has 0 radical (unpaired) electrons. The standard InChI is InChI=1S/C15H14ClFO2/c1-10(18)11-6-7-15(13(16)8-11)19-9-12-4-2-3-5-14(12)17/h2-8,10,18H,9H2,1H3. The summed E-state index contributed by atoms with van der Waals surface area (Å²) in [5, 5.41) is 9.83. The van der Waals surface area contributed by atoms with Gasteiger partial charge in [0.15, 0.2) is 0 Å². The van der Waals surface area contributed by atoms with E-state index in [4.69, 9.17) is 16.3 Å². The van der Waals surface area contributed by atoms with Crippen molar-refractivity contribution in [3.8, 4) is 5.75 Å². The molecule has 0 fully saturated rings. The molecule has 4 heteroatoms. The van der Waals surface area contributed by atoms with Gasteiger partial charge in [-0.25, -0.2) is 4.39 Å². The number of ether oxygens (including phenoxy) is 1. The lowest BCUT2D eigenvalue weighted by molar-refractivity contribution is 0.199. The molecular weight excluding hydrogens is 267 g/mol. The Labute approximate surface area is 116 Å². The summed E-state index contributed by atoms with van der Waals surface area (Å²) >= 11 is 6.05. The highest BCUT2D eigenvalue weighted by molar-refractivity contribution is 6.32. The van der Waals surface area contributed by atoms with Crippen molar-refractivity contribution >= 4 is 11.6 Å². The van der Waals surface area contributed by atoms with Crippen molar-refractivity contribution in [3.63, 3.8) is 0 Å². The van der Waals surface area contributed by atoms with Crippen LogP contribution in [0.15, 0.2) is 42.5 Å². The summed E-state index contributed by atoms with van der Waals surface area (Å²) in [5.41, 5.74) is 1.18. The van der Waals surface area contributed by atoms with Crippen molar-refractivity contribution in [2.45, 2.75) is 19.6 Å². The van der Waals surface area contributed by atoms with Crippen LogP contribution in [0.1, 0.15) is 24.2 Å². The monoisotopic (exact) mass is 280 g/mol. The second-order valence-corrected chi connectivity index (χ2v) is 4.65. The fourth-order valence-electron chi connectivity index (χ4n) is 1.66. The molecule has 0 aliphatic heterocycles. The number of hydrogen-bond donors (Lipinski definition) is 1. The highest BCUT2D eigenvalue weighted by Gasteiger charge is 2.08. The van der Waals surface area contributed by atoms with E-state index < -0.39 is 6.10 Å². The number of hydrogen-bond acceptors (Lipinski definition) is 2. The Balaban J connectivity index is 2.10. The lowest BCUT2D eigenvalue weighted by Gasteiger charge is -2.11. The number of rotatable bonds is 4. The zero-order valence-corrected chi connectivity index (χ0v) is 11.2. The van der Waals surface area contributed by atoms with E-state index in [9.17, 15) is 9.50 Å². The van der Waals surface area contributed by atoms with Gasteiger partial charge < -0.3 is 9.84 Å². The normalized spacial score (nSPS) is 12.2. The molecule has 1 unspecified atom stereocenters. The minimum absolute atomic E-state index is 0.112. The van der Waals surface area contributed by atoms with E-state index >= 15 is 0 Å². The summed E-state index contributed by atoms with van der Waals surface area (Å²) in [6.07, 6.45) is -0.585. The van der Waals surface area contributed by atoms with Gasteiger partial charge in [-0.15, -0.1) is 0 Å². The quantitative estimate of drug-likeness (QED) is 0.913. The van der Waals surface area contributed by atoms with Gasteiger partial charge in [0.2, 0.25) is 0 Å². The Hall–Kier alpha value is -1.58. The average molecular weight is 281 g/mol. The van der Waals surface area contributed by atoms with Crippen molar-refractivity contribution in [3.05, 3.63) is 64.4 Å². The molecule has 1 atom stereocenters. The van der Waals surface area contributed by atoms with Crippen LogP contribution in [0.4, 0.5) is 4.39 Å². The lowest BCUT2D eigenvalue weighted by Crippen LogP contribution is -1.99. The fraction of sp³-hybridized carbons (Fsp3) is 0.200. The first-order valence-corrected chi connectivity index (χ1v) is 6.29. The van der Waals surface area contributed by atoms with E-state index in [-0.39, 0.29) is 12.4 Å². The minimum atomic E-state index is -0.585. The van der Waals surface area contributed by atoms with Crippen LogP contribution in [0.25, 0.3) is 0 Å². The van der Waals surface area contributed by atoms with Crippen LogP contribution < -0.4 is 4.74 Å². The molecule has 0 saturated heterocycles. The second kappa shape index (κ2) is 6.04. The van der Waals surface area contributed by atoms with Gasteiger partial charge in [-0.05, 0) is 30.7 Å². The van der Waals surface area contributed by atoms with E-state index in [1.165, 1.54) is 6.07 Å². The molecule has 0 aliphatic rings. The molecule has 0 saturated carbocycles. The van der Waals surface area contributed by atoms with Crippen LogP contribution in [0, 0.1) is 5.82 Å². The lowest BCUT2D eigenvalue weighted by atomic mass is 10.1. The van der Waals surface area contributed by atoms with Crippen LogP contribution in [-0.2, 0) is 6.61 Å². The van der Waals surface area contributed by atoms with Gasteiger partial charge in [0, 0.05) is 5.56 Å². The van der Waals surface area contributed by atoms with Gasteiger partial charge in [0.25, 0.3) is 0 Å². The molecule has 0 heterocycles. The summed E-state index contributed by atoms with van der Waals surface area (Å²) in [6.45, 7) is 1.77. The number of aliphatic hydroxyl groups excluding tert-OH is 1. The summed E-state index contributed by atoms with van der Waals surface area (Å²) in [7, 11) is 0.